The van der Waals surface area contributed by atoms with Gasteiger partial charge in [-0.3, -0.25) is 10.1 Å². The Hall–Kier alpha value is -1.84. The largest absolute Gasteiger partial charge is 0.465 e. The summed E-state index contributed by atoms with van der Waals surface area (Å²) in [5.74, 6) is 0.470. The van der Waals surface area contributed by atoms with Gasteiger partial charge in [-0.05, 0) is 25.5 Å². The van der Waals surface area contributed by atoms with E-state index in [-0.39, 0.29) is 5.69 Å². The van der Waals surface area contributed by atoms with Crippen molar-refractivity contribution < 1.29 is 9.66 Å². The smallest absolute Gasteiger partial charge is 0.276 e. The maximum atomic E-state index is 10.6. The van der Waals surface area contributed by atoms with Crippen molar-refractivity contribution in [1.29, 1.82) is 0 Å². The first-order valence-corrected chi connectivity index (χ1v) is 4.09. The summed E-state index contributed by atoms with van der Waals surface area (Å²) in [4.78, 5) is 10.2. The number of aryl methyl sites for hydroxylation is 2. The van der Waals surface area contributed by atoms with E-state index in [9.17, 15) is 10.1 Å². The number of rotatable bonds is 3. The van der Waals surface area contributed by atoms with Crippen LogP contribution < -0.4 is 4.74 Å². The van der Waals surface area contributed by atoms with Gasteiger partial charge in [-0.1, -0.05) is 6.58 Å². The molecule has 4 nitrogen and oxygen atoms in total. The Morgan fingerprint density at radius 3 is 2.57 bits per heavy atom. The quantitative estimate of drug-likeness (QED) is 0.421. The van der Waals surface area contributed by atoms with E-state index in [2.05, 4.69) is 6.58 Å². The lowest BCUT2D eigenvalue weighted by Gasteiger charge is -2.05. The van der Waals surface area contributed by atoms with Gasteiger partial charge in [-0.25, -0.2) is 0 Å². The zero-order valence-corrected chi connectivity index (χ0v) is 8.11. The first-order chi connectivity index (χ1) is 6.56. The molecule has 0 aliphatic heterocycles. The highest BCUT2D eigenvalue weighted by Gasteiger charge is 2.13. The molecule has 74 valence electrons. The van der Waals surface area contributed by atoms with Crippen molar-refractivity contribution in [2.75, 3.05) is 0 Å². The lowest BCUT2D eigenvalue weighted by Crippen LogP contribution is -1.94. The van der Waals surface area contributed by atoms with Crippen LogP contribution in [-0.2, 0) is 0 Å². The predicted molar refractivity (Wildman–Crippen MR) is 53.4 cm³/mol. The van der Waals surface area contributed by atoms with Crippen LogP contribution in [0.15, 0.2) is 25.0 Å². The van der Waals surface area contributed by atoms with E-state index >= 15 is 0 Å². The van der Waals surface area contributed by atoms with Gasteiger partial charge in [0.05, 0.1) is 17.3 Å². The number of nitro benzene ring substituents is 1. The molecule has 0 spiro atoms. The molecule has 0 unspecified atom stereocenters. The summed E-state index contributed by atoms with van der Waals surface area (Å²) in [5.41, 5.74) is 1.55. The lowest BCUT2D eigenvalue weighted by molar-refractivity contribution is -0.385. The highest BCUT2D eigenvalue weighted by molar-refractivity contribution is 5.49. The molecule has 0 N–H and O–H groups in total. The monoisotopic (exact) mass is 193 g/mol. The van der Waals surface area contributed by atoms with E-state index in [1.54, 1.807) is 13.0 Å². The van der Waals surface area contributed by atoms with Gasteiger partial charge in [-0.15, -0.1) is 0 Å². The Labute approximate surface area is 82.0 Å². The molecule has 0 radical (unpaired) electrons. The Kier molecular flexibility index (Phi) is 2.86. The molecule has 0 saturated carbocycles. The number of nitro groups is 1. The summed E-state index contributed by atoms with van der Waals surface area (Å²) in [6, 6.07) is 3.13. The SMILES string of the molecule is C=COc1cc([N+](=O)[O-])c(C)cc1C. The summed E-state index contributed by atoms with van der Waals surface area (Å²) in [6.45, 7) is 6.93. The molecule has 0 saturated heterocycles. The maximum Gasteiger partial charge on any atom is 0.276 e. The Bertz CT molecular complexity index is 385. The average molecular weight is 193 g/mol. The number of hydrogen-bond donors (Lipinski definition) is 0. The summed E-state index contributed by atoms with van der Waals surface area (Å²) in [5, 5.41) is 10.6. The van der Waals surface area contributed by atoms with Crippen LogP contribution in [0.3, 0.4) is 0 Å². The summed E-state index contributed by atoms with van der Waals surface area (Å²) >= 11 is 0. The van der Waals surface area contributed by atoms with Crippen LogP contribution in [0.2, 0.25) is 0 Å². The standard InChI is InChI=1S/C10H11NO3/c1-4-14-10-6-9(11(12)13)7(2)5-8(10)3/h4-6H,1H2,2-3H3. The van der Waals surface area contributed by atoms with E-state index < -0.39 is 4.92 Å². The highest BCUT2D eigenvalue weighted by Crippen LogP contribution is 2.27. The molecule has 0 bridgehead atoms. The van der Waals surface area contributed by atoms with Crippen LogP contribution in [0, 0.1) is 24.0 Å². The van der Waals surface area contributed by atoms with Gasteiger partial charge in [0, 0.05) is 5.56 Å². The molecule has 0 aromatic heterocycles. The molecular formula is C10H11NO3. The van der Waals surface area contributed by atoms with E-state index in [0.29, 0.717) is 11.3 Å². The van der Waals surface area contributed by atoms with Crippen molar-refractivity contribution >= 4 is 5.69 Å². The van der Waals surface area contributed by atoms with Crippen LogP contribution >= 0.6 is 0 Å². The first kappa shape index (κ1) is 10.2. The average Bonchev–Trinajstić information content (AvgIpc) is 2.09. The summed E-state index contributed by atoms with van der Waals surface area (Å²) < 4.78 is 5.04. The molecule has 1 rings (SSSR count). The first-order valence-electron chi connectivity index (χ1n) is 4.09. The molecule has 14 heavy (non-hydrogen) atoms. The van der Waals surface area contributed by atoms with Crippen molar-refractivity contribution in [2.24, 2.45) is 0 Å². The van der Waals surface area contributed by atoms with Crippen molar-refractivity contribution in [2.45, 2.75) is 13.8 Å². The van der Waals surface area contributed by atoms with E-state index in [1.165, 1.54) is 12.3 Å². The van der Waals surface area contributed by atoms with Crippen LogP contribution in [0.4, 0.5) is 5.69 Å². The third-order valence-electron chi connectivity index (χ3n) is 1.90. The normalized spacial score (nSPS) is 9.57. The van der Waals surface area contributed by atoms with E-state index in [0.717, 1.165) is 5.56 Å². The third-order valence-corrected chi connectivity index (χ3v) is 1.90. The van der Waals surface area contributed by atoms with E-state index in [4.69, 9.17) is 4.74 Å². The van der Waals surface area contributed by atoms with Crippen LogP contribution in [0.1, 0.15) is 11.1 Å². The minimum absolute atomic E-state index is 0.0625. The second-order valence-electron chi connectivity index (χ2n) is 2.95. The van der Waals surface area contributed by atoms with Gasteiger partial charge >= 0.3 is 0 Å². The van der Waals surface area contributed by atoms with Gasteiger partial charge in [0.25, 0.3) is 5.69 Å². The summed E-state index contributed by atoms with van der Waals surface area (Å²) in [7, 11) is 0. The van der Waals surface area contributed by atoms with Crippen LogP contribution in [0.25, 0.3) is 0 Å². The maximum absolute atomic E-state index is 10.6. The lowest BCUT2D eigenvalue weighted by atomic mass is 10.1. The van der Waals surface area contributed by atoms with Gasteiger partial charge in [-0.2, -0.15) is 0 Å². The number of nitrogens with zero attached hydrogens (tertiary/aromatic N) is 1. The van der Waals surface area contributed by atoms with Gasteiger partial charge in [0.2, 0.25) is 0 Å². The minimum Gasteiger partial charge on any atom is -0.465 e. The summed E-state index contributed by atoms with van der Waals surface area (Å²) in [6.07, 6.45) is 1.25. The van der Waals surface area contributed by atoms with Crippen LogP contribution in [-0.4, -0.2) is 4.92 Å². The molecule has 1 aromatic rings. The fraction of sp³-hybridized carbons (Fsp3) is 0.200. The molecular weight excluding hydrogens is 182 g/mol. The fourth-order valence-corrected chi connectivity index (χ4v) is 1.24. The Balaban J connectivity index is 3.26. The van der Waals surface area contributed by atoms with Crippen molar-refractivity contribution in [1.82, 2.24) is 0 Å². The Morgan fingerprint density at radius 2 is 2.07 bits per heavy atom. The second-order valence-corrected chi connectivity index (χ2v) is 2.95. The molecule has 0 heterocycles. The zero-order valence-electron chi connectivity index (χ0n) is 8.11. The zero-order chi connectivity index (χ0) is 10.7. The van der Waals surface area contributed by atoms with Crippen molar-refractivity contribution in [3.63, 3.8) is 0 Å². The van der Waals surface area contributed by atoms with Gasteiger partial charge in [0.1, 0.15) is 5.75 Å². The number of hydrogen-bond acceptors (Lipinski definition) is 3. The topological polar surface area (TPSA) is 52.4 Å². The molecule has 0 fully saturated rings. The second kappa shape index (κ2) is 3.91. The van der Waals surface area contributed by atoms with E-state index in [1.807, 2.05) is 6.92 Å². The Morgan fingerprint density at radius 1 is 1.43 bits per heavy atom. The van der Waals surface area contributed by atoms with Crippen molar-refractivity contribution in [3.05, 3.63) is 46.2 Å². The fourth-order valence-electron chi connectivity index (χ4n) is 1.24. The highest BCUT2D eigenvalue weighted by atomic mass is 16.6. The van der Waals surface area contributed by atoms with Crippen molar-refractivity contribution in [3.8, 4) is 5.75 Å². The van der Waals surface area contributed by atoms with Gasteiger partial charge < -0.3 is 4.74 Å². The van der Waals surface area contributed by atoms with Gasteiger partial charge in [0.15, 0.2) is 0 Å². The third kappa shape index (κ3) is 1.90. The molecule has 1 aromatic carbocycles. The molecule has 0 atom stereocenters. The number of benzene rings is 1. The molecule has 0 aliphatic rings. The molecule has 0 amide bonds. The van der Waals surface area contributed by atoms with Crippen LogP contribution in [0.5, 0.6) is 5.75 Å². The molecule has 4 heteroatoms. The number of ether oxygens (including phenoxy) is 1. The molecule has 0 aliphatic carbocycles. The predicted octanol–water partition coefficient (Wildman–Crippen LogP) is 2.73. The minimum atomic E-state index is -0.426.